The lowest BCUT2D eigenvalue weighted by atomic mass is 9.79. The summed E-state index contributed by atoms with van der Waals surface area (Å²) in [7, 11) is 3.66. The molecular formula is C16H25N7O2. The van der Waals surface area contributed by atoms with E-state index in [0.29, 0.717) is 6.54 Å². The van der Waals surface area contributed by atoms with Crippen molar-refractivity contribution < 1.29 is 9.59 Å². The van der Waals surface area contributed by atoms with Gasteiger partial charge < -0.3 is 15.5 Å². The van der Waals surface area contributed by atoms with Crippen LogP contribution in [0.3, 0.4) is 0 Å². The average Bonchev–Trinajstić information content (AvgIpc) is 3.12. The Bertz CT molecular complexity index is 690. The summed E-state index contributed by atoms with van der Waals surface area (Å²) in [5.41, 5.74) is 0.284. The van der Waals surface area contributed by atoms with Gasteiger partial charge in [-0.1, -0.05) is 0 Å². The zero-order chi connectivity index (χ0) is 18.0. The lowest BCUT2D eigenvalue weighted by Gasteiger charge is -2.39. The number of nitrogens with one attached hydrogen (secondary N) is 3. The van der Waals surface area contributed by atoms with Gasteiger partial charge in [-0.25, -0.2) is 4.79 Å². The summed E-state index contributed by atoms with van der Waals surface area (Å²) in [6.07, 6.45) is 5.43. The molecule has 1 atom stereocenters. The van der Waals surface area contributed by atoms with Crippen LogP contribution in [0, 0.1) is 5.92 Å². The molecule has 0 saturated carbocycles. The number of likely N-dealkylation sites (tertiary alicyclic amines) is 1. The molecule has 2 saturated heterocycles. The Kier molecular flexibility index (Phi) is 4.65. The first-order valence-electron chi connectivity index (χ1n) is 8.49. The number of hydrogen-bond acceptors (Lipinski definition) is 4. The lowest BCUT2D eigenvalue weighted by Crippen LogP contribution is -2.55. The summed E-state index contributed by atoms with van der Waals surface area (Å²) in [6, 6.07) is -0.399. The van der Waals surface area contributed by atoms with Gasteiger partial charge in [-0.3, -0.25) is 19.8 Å². The molecule has 1 unspecified atom stereocenters. The summed E-state index contributed by atoms with van der Waals surface area (Å²) in [4.78, 5) is 30.1. The van der Waals surface area contributed by atoms with E-state index in [0.717, 1.165) is 37.5 Å². The average molecular weight is 347 g/mol. The van der Waals surface area contributed by atoms with E-state index in [1.807, 2.05) is 26.4 Å². The van der Waals surface area contributed by atoms with Gasteiger partial charge in [-0.2, -0.15) is 5.10 Å². The maximum Gasteiger partial charge on any atom is 0.322 e. The third-order valence-corrected chi connectivity index (χ3v) is 5.10. The fourth-order valence-corrected chi connectivity index (χ4v) is 3.59. The SMILES string of the molecule is CN=C(NCc1cnn(C)c1)N1CCC(C2(C)NC(=O)NC2=O)CC1. The predicted molar refractivity (Wildman–Crippen MR) is 92.8 cm³/mol. The molecule has 9 nitrogen and oxygen atoms in total. The largest absolute Gasteiger partial charge is 0.352 e. The number of aromatic nitrogens is 2. The third kappa shape index (κ3) is 3.45. The molecular weight excluding hydrogens is 322 g/mol. The highest BCUT2D eigenvalue weighted by molar-refractivity contribution is 6.07. The molecule has 25 heavy (non-hydrogen) atoms. The Morgan fingerprint density at radius 3 is 2.68 bits per heavy atom. The van der Waals surface area contributed by atoms with Crippen molar-refractivity contribution in [3.8, 4) is 0 Å². The molecule has 2 aliphatic heterocycles. The maximum absolute atomic E-state index is 12.1. The highest BCUT2D eigenvalue weighted by Crippen LogP contribution is 2.30. The number of imide groups is 1. The smallest absolute Gasteiger partial charge is 0.322 e. The number of aliphatic imine (C=N–C) groups is 1. The Labute approximate surface area is 146 Å². The zero-order valence-electron chi connectivity index (χ0n) is 14.9. The molecule has 3 N–H and O–H groups in total. The van der Waals surface area contributed by atoms with E-state index in [-0.39, 0.29) is 11.8 Å². The second kappa shape index (κ2) is 6.73. The summed E-state index contributed by atoms with van der Waals surface area (Å²) < 4.78 is 1.77. The van der Waals surface area contributed by atoms with Gasteiger partial charge in [0.2, 0.25) is 0 Å². The van der Waals surface area contributed by atoms with Crippen molar-refractivity contribution in [3.05, 3.63) is 18.0 Å². The Hall–Kier alpha value is -2.58. The first-order chi connectivity index (χ1) is 11.9. The molecule has 0 aliphatic carbocycles. The van der Waals surface area contributed by atoms with Crippen molar-refractivity contribution >= 4 is 17.9 Å². The number of rotatable bonds is 3. The third-order valence-electron chi connectivity index (χ3n) is 5.10. The highest BCUT2D eigenvalue weighted by Gasteiger charge is 2.48. The van der Waals surface area contributed by atoms with Crippen LogP contribution in [0.2, 0.25) is 0 Å². The Balaban J connectivity index is 1.55. The van der Waals surface area contributed by atoms with E-state index in [1.54, 1.807) is 11.7 Å². The summed E-state index contributed by atoms with van der Waals surface area (Å²) in [5.74, 6) is 0.731. The molecule has 1 aromatic heterocycles. The number of guanidine groups is 1. The van der Waals surface area contributed by atoms with E-state index < -0.39 is 11.6 Å². The van der Waals surface area contributed by atoms with Crippen LogP contribution in [0.5, 0.6) is 0 Å². The predicted octanol–water partition coefficient (Wildman–Crippen LogP) is -0.194. The molecule has 2 fully saturated rings. The van der Waals surface area contributed by atoms with Gasteiger partial charge in [0.05, 0.1) is 6.20 Å². The standard InChI is InChI=1S/C16H25N7O2/c1-16(13(24)20-15(25)21-16)12-4-6-23(7-5-12)14(17-2)18-8-11-9-19-22(3)10-11/h9-10,12H,4-8H2,1-3H3,(H,17,18)(H2,20,21,24,25). The summed E-state index contributed by atoms with van der Waals surface area (Å²) in [5, 5.41) is 12.6. The second-order valence-corrected chi connectivity index (χ2v) is 6.79. The molecule has 3 amide bonds. The fraction of sp³-hybridized carbons (Fsp3) is 0.625. The highest BCUT2D eigenvalue weighted by atomic mass is 16.2. The number of carbonyl (C=O) groups excluding carboxylic acids is 2. The van der Waals surface area contributed by atoms with E-state index in [9.17, 15) is 9.59 Å². The quantitative estimate of drug-likeness (QED) is 0.399. The van der Waals surface area contributed by atoms with Crippen LogP contribution in [0.4, 0.5) is 4.79 Å². The van der Waals surface area contributed by atoms with Crippen LogP contribution < -0.4 is 16.0 Å². The molecule has 136 valence electrons. The molecule has 0 radical (unpaired) electrons. The van der Waals surface area contributed by atoms with Crippen LogP contribution in [0.1, 0.15) is 25.3 Å². The molecule has 1 aromatic rings. The number of hydrogen-bond donors (Lipinski definition) is 3. The molecule has 9 heteroatoms. The number of piperidine rings is 1. The van der Waals surface area contributed by atoms with Gasteiger partial charge in [0.15, 0.2) is 5.96 Å². The van der Waals surface area contributed by atoms with Gasteiger partial charge in [-0.15, -0.1) is 0 Å². The number of carbonyl (C=O) groups is 2. The topological polar surface area (TPSA) is 104 Å². The van der Waals surface area contributed by atoms with Crippen molar-refractivity contribution in [2.75, 3.05) is 20.1 Å². The summed E-state index contributed by atoms with van der Waals surface area (Å²) in [6.45, 7) is 4.05. The lowest BCUT2D eigenvalue weighted by molar-refractivity contribution is -0.125. The fourth-order valence-electron chi connectivity index (χ4n) is 3.59. The first kappa shape index (κ1) is 17.2. The maximum atomic E-state index is 12.1. The van der Waals surface area contributed by atoms with Gasteiger partial charge in [0.1, 0.15) is 5.54 Å². The normalized spacial score (nSPS) is 25.1. The number of aryl methyl sites for hydroxylation is 1. The van der Waals surface area contributed by atoms with Crippen molar-refractivity contribution in [2.24, 2.45) is 18.0 Å². The van der Waals surface area contributed by atoms with E-state index in [2.05, 4.69) is 30.9 Å². The van der Waals surface area contributed by atoms with E-state index in [1.165, 1.54) is 0 Å². The molecule has 2 aliphatic rings. The summed E-state index contributed by atoms with van der Waals surface area (Å²) >= 11 is 0. The monoisotopic (exact) mass is 347 g/mol. The number of amides is 3. The minimum atomic E-state index is -0.810. The first-order valence-corrected chi connectivity index (χ1v) is 8.49. The van der Waals surface area contributed by atoms with Crippen LogP contribution in [-0.2, 0) is 18.4 Å². The minimum Gasteiger partial charge on any atom is -0.352 e. The van der Waals surface area contributed by atoms with E-state index in [4.69, 9.17) is 0 Å². The Morgan fingerprint density at radius 2 is 2.16 bits per heavy atom. The van der Waals surface area contributed by atoms with Gasteiger partial charge >= 0.3 is 6.03 Å². The van der Waals surface area contributed by atoms with Crippen LogP contribution in [0.15, 0.2) is 17.4 Å². The number of urea groups is 1. The van der Waals surface area contributed by atoms with Gasteiger partial charge in [0, 0.05) is 45.5 Å². The molecule has 3 rings (SSSR count). The van der Waals surface area contributed by atoms with Crippen LogP contribution in [0.25, 0.3) is 0 Å². The molecule has 0 spiro atoms. The molecule has 0 aromatic carbocycles. The second-order valence-electron chi connectivity index (χ2n) is 6.79. The Morgan fingerprint density at radius 1 is 1.44 bits per heavy atom. The van der Waals surface area contributed by atoms with Crippen molar-refractivity contribution in [2.45, 2.75) is 31.8 Å². The molecule has 3 heterocycles. The van der Waals surface area contributed by atoms with Gasteiger partial charge in [-0.05, 0) is 25.7 Å². The molecule has 0 bridgehead atoms. The van der Waals surface area contributed by atoms with Gasteiger partial charge in [0.25, 0.3) is 5.91 Å². The number of nitrogens with zero attached hydrogens (tertiary/aromatic N) is 4. The van der Waals surface area contributed by atoms with Crippen molar-refractivity contribution in [1.29, 1.82) is 0 Å². The van der Waals surface area contributed by atoms with Crippen molar-refractivity contribution in [3.63, 3.8) is 0 Å². The zero-order valence-corrected chi connectivity index (χ0v) is 14.9. The van der Waals surface area contributed by atoms with Crippen LogP contribution >= 0.6 is 0 Å². The minimum absolute atomic E-state index is 0.117. The van der Waals surface area contributed by atoms with Crippen molar-refractivity contribution in [1.82, 2.24) is 30.6 Å². The van der Waals surface area contributed by atoms with E-state index >= 15 is 0 Å². The van der Waals surface area contributed by atoms with Crippen LogP contribution in [-0.4, -0.2) is 58.3 Å².